The normalized spacial score (nSPS) is 19.9. The van der Waals surface area contributed by atoms with Crippen molar-refractivity contribution in [2.24, 2.45) is 0 Å². The number of amides is 5. The highest BCUT2D eigenvalue weighted by Gasteiger charge is 2.30. The molecule has 0 unspecified atom stereocenters. The number of aromatic nitrogens is 2. The SMILES string of the molecule is Cc1cc(C(=O)N2CCNC(=O)[C@@H](Cc3ccccc3)NC(=O)[C@H](Cc3ccccc3)NC(=O)[C@H](C)NC(=O)c3cc(on3)C2)on1. The molecule has 3 atom stereocenters. The summed E-state index contributed by atoms with van der Waals surface area (Å²) in [6.07, 6.45) is 0.293. The summed E-state index contributed by atoms with van der Waals surface area (Å²) in [6, 6.07) is 17.9. The molecule has 0 saturated carbocycles. The van der Waals surface area contributed by atoms with Gasteiger partial charge in [0.1, 0.15) is 18.1 Å². The number of benzene rings is 2. The van der Waals surface area contributed by atoms with Gasteiger partial charge in [-0.25, -0.2) is 0 Å². The maximum atomic E-state index is 13.8. The Morgan fingerprint density at radius 2 is 1.43 bits per heavy atom. The van der Waals surface area contributed by atoms with E-state index >= 15 is 0 Å². The minimum absolute atomic E-state index is 0.00201. The summed E-state index contributed by atoms with van der Waals surface area (Å²) in [4.78, 5) is 68.3. The molecule has 1 aliphatic heterocycles. The number of hydrogen-bond acceptors (Lipinski definition) is 9. The monoisotopic (exact) mass is 641 g/mol. The van der Waals surface area contributed by atoms with Gasteiger partial charge in [-0.3, -0.25) is 24.0 Å². The molecule has 2 bridgehead atoms. The number of rotatable bonds is 5. The standard InChI is InChI=1S/C33H35N7O7/c1-20-15-28(47-38-20)33(45)40-14-13-34-30(42)25(16-22-9-5-3-6-10-22)37-31(43)26(17-23-11-7-4-8-12-23)36-29(41)21(2)35-32(44)27-18-24(19-40)46-39-27/h3-12,15,18,21,25-26H,13-14,16-17,19H2,1-2H3,(H,34,42)(H,35,44)(H,36,41)(H,37,43)/t21-,25+,26-/m0/s1. The number of carbonyl (C=O) groups excluding carboxylic acids is 5. The topological polar surface area (TPSA) is 189 Å². The highest BCUT2D eigenvalue weighted by atomic mass is 16.5. The van der Waals surface area contributed by atoms with Crippen LogP contribution < -0.4 is 21.3 Å². The molecule has 5 amide bonds. The van der Waals surface area contributed by atoms with E-state index in [-0.39, 0.29) is 49.7 Å². The lowest BCUT2D eigenvalue weighted by Gasteiger charge is -2.25. The van der Waals surface area contributed by atoms with Crippen LogP contribution in [0.15, 0.2) is 81.8 Å². The Balaban J connectivity index is 1.45. The van der Waals surface area contributed by atoms with E-state index in [0.29, 0.717) is 5.69 Å². The Labute approximate surface area is 270 Å². The molecule has 1 aliphatic rings. The molecule has 0 aliphatic carbocycles. The number of carbonyl (C=O) groups is 5. The fourth-order valence-corrected chi connectivity index (χ4v) is 5.02. The second-order valence-corrected chi connectivity index (χ2v) is 11.2. The van der Waals surface area contributed by atoms with E-state index in [1.54, 1.807) is 6.92 Å². The molecule has 14 nitrogen and oxygen atoms in total. The van der Waals surface area contributed by atoms with E-state index in [9.17, 15) is 24.0 Å². The largest absolute Gasteiger partial charge is 0.359 e. The molecule has 2 aromatic heterocycles. The minimum atomic E-state index is -1.08. The van der Waals surface area contributed by atoms with E-state index in [0.717, 1.165) is 11.1 Å². The van der Waals surface area contributed by atoms with Crippen LogP contribution in [0.25, 0.3) is 0 Å². The molecule has 3 heterocycles. The number of hydrogen-bond donors (Lipinski definition) is 4. The molecule has 4 aromatic rings. The smallest absolute Gasteiger partial charge is 0.292 e. The van der Waals surface area contributed by atoms with Gasteiger partial charge in [0.2, 0.25) is 23.5 Å². The van der Waals surface area contributed by atoms with Gasteiger partial charge in [-0.2, -0.15) is 0 Å². The van der Waals surface area contributed by atoms with Crippen molar-refractivity contribution in [3.8, 4) is 0 Å². The second-order valence-electron chi connectivity index (χ2n) is 11.2. The molecule has 4 N–H and O–H groups in total. The Bertz CT molecular complexity index is 1720. The average molecular weight is 642 g/mol. The van der Waals surface area contributed by atoms with E-state index in [1.165, 1.54) is 24.0 Å². The van der Waals surface area contributed by atoms with E-state index < -0.39 is 47.7 Å². The number of nitrogens with zero attached hydrogens (tertiary/aromatic N) is 3. The summed E-state index contributed by atoms with van der Waals surface area (Å²) < 4.78 is 10.5. The zero-order valence-electron chi connectivity index (χ0n) is 25.9. The number of nitrogens with one attached hydrogen (secondary N) is 4. The predicted molar refractivity (Wildman–Crippen MR) is 167 cm³/mol. The maximum absolute atomic E-state index is 13.8. The van der Waals surface area contributed by atoms with Gasteiger partial charge in [-0.1, -0.05) is 71.0 Å². The summed E-state index contributed by atoms with van der Waals surface area (Å²) in [5.74, 6) is -2.75. The molecule has 244 valence electrons. The lowest BCUT2D eigenvalue weighted by molar-refractivity contribution is -0.132. The third-order valence-corrected chi connectivity index (χ3v) is 7.52. The highest BCUT2D eigenvalue weighted by Crippen LogP contribution is 2.14. The maximum Gasteiger partial charge on any atom is 0.292 e. The average Bonchev–Trinajstić information content (AvgIpc) is 3.73. The van der Waals surface area contributed by atoms with Gasteiger partial charge >= 0.3 is 0 Å². The fourth-order valence-electron chi connectivity index (χ4n) is 5.02. The van der Waals surface area contributed by atoms with Crippen molar-refractivity contribution >= 4 is 29.5 Å². The number of fused-ring (bicyclic) bond motifs is 2. The first-order valence-corrected chi connectivity index (χ1v) is 15.1. The summed E-state index contributed by atoms with van der Waals surface area (Å²) in [7, 11) is 0. The Morgan fingerprint density at radius 1 is 0.809 bits per heavy atom. The number of aryl methyl sites for hydroxylation is 1. The zero-order chi connectivity index (χ0) is 33.3. The second kappa shape index (κ2) is 15.0. The van der Waals surface area contributed by atoms with Gasteiger partial charge in [0, 0.05) is 38.1 Å². The summed E-state index contributed by atoms with van der Waals surface area (Å²) in [5, 5.41) is 18.5. The van der Waals surface area contributed by atoms with Crippen LogP contribution in [0.2, 0.25) is 0 Å². The van der Waals surface area contributed by atoms with Crippen molar-refractivity contribution in [3.63, 3.8) is 0 Å². The fraction of sp³-hybridized carbons (Fsp3) is 0.303. The first-order chi connectivity index (χ1) is 22.7. The molecule has 0 spiro atoms. The van der Waals surface area contributed by atoms with Crippen LogP contribution in [0.3, 0.4) is 0 Å². The first kappa shape index (κ1) is 32.6. The van der Waals surface area contributed by atoms with Crippen LogP contribution in [-0.2, 0) is 33.8 Å². The molecule has 14 heteroatoms. The van der Waals surface area contributed by atoms with Gasteiger partial charge in [-0.05, 0) is 25.0 Å². The minimum Gasteiger partial charge on any atom is -0.359 e. The molecular weight excluding hydrogens is 606 g/mol. The highest BCUT2D eigenvalue weighted by molar-refractivity contribution is 5.98. The van der Waals surface area contributed by atoms with Crippen molar-refractivity contribution in [2.45, 2.75) is 51.4 Å². The van der Waals surface area contributed by atoms with Crippen molar-refractivity contribution in [3.05, 3.63) is 107 Å². The van der Waals surface area contributed by atoms with Crippen LogP contribution in [0.4, 0.5) is 0 Å². The zero-order valence-corrected chi connectivity index (χ0v) is 25.9. The Morgan fingerprint density at radius 3 is 2.04 bits per heavy atom. The third-order valence-electron chi connectivity index (χ3n) is 7.52. The van der Waals surface area contributed by atoms with Crippen molar-refractivity contribution in [1.29, 1.82) is 0 Å². The van der Waals surface area contributed by atoms with Crippen LogP contribution in [0.5, 0.6) is 0 Å². The van der Waals surface area contributed by atoms with Gasteiger partial charge in [0.15, 0.2) is 11.5 Å². The van der Waals surface area contributed by atoms with Crippen LogP contribution >= 0.6 is 0 Å². The van der Waals surface area contributed by atoms with Gasteiger partial charge < -0.3 is 35.2 Å². The van der Waals surface area contributed by atoms with Gasteiger partial charge in [-0.15, -0.1) is 0 Å². The Hall–Kier alpha value is -5.79. The van der Waals surface area contributed by atoms with Crippen LogP contribution in [0.1, 0.15) is 50.5 Å². The molecule has 0 saturated heterocycles. The van der Waals surface area contributed by atoms with E-state index in [2.05, 4.69) is 31.6 Å². The first-order valence-electron chi connectivity index (χ1n) is 15.1. The molecule has 47 heavy (non-hydrogen) atoms. The lowest BCUT2D eigenvalue weighted by Crippen LogP contribution is -2.57. The molecule has 0 fully saturated rings. The quantitative estimate of drug-likeness (QED) is 0.249. The summed E-state index contributed by atoms with van der Waals surface area (Å²) >= 11 is 0. The van der Waals surface area contributed by atoms with Crippen molar-refractivity contribution in [2.75, 3.05) is 13.1 Å². The summed E-state index contributed by atoms with van der Waals surface area (Å²) in [5.41, 5.74) is 1.97. The lowest BCUT2D eigenvalue weighted by atomic mass is 10.0. The van der Waals surface area contributed by atoms with Crippen molar-refractivity contribution < 1.29 is 33.0 Å². The third kappa shape index (κ3) is 8.69. The van der Waals surface area contributed by atoms with E-state index in [4.69, 9.17) is 9.05 Å². The molecule has 0 radical (unpaired) electrons. The predicted octanol–water partition coefficient (Wildman–Crippen LogP) is 1.32. The molecule has 2 aromatic carbocycles. The van der Waals surface area contributed by atoms with Gasteiger partial charge in [0.25, 0.3) is 11.8 Å². The molecule has 5 rings (SSSR count). The van der Waals surface area contributed by atoms with Crippen LogP contribution in [0, 0.1) is 6.92 Å². The Kier molecular flexibility index (Phi) is 10.4. The van der Waals surface area contributed by atoms with Gasteiger partial charge in [0.05, 0.1) is 12.2 Å². The summed E-state index contributed by atoms with van der Waals surface area (Å²) in [6.45, 7) is 3.05. The van der Waals surface area contributed by atoms with Crippen molar-refractivity contribution in [1.82, 2.24) is 36.5 Å². The van der Waals surface area contributed by atoms with E-state index in [1.807, 2.05) is 60.7 Å². The molecular formula is C33H35N7O7. The van der Waals surface area contributed by atoms with Crippen LogP contribution in [-0.4, -0.2) is 76.0 Å².